The summed E-state index contributed by atoms with van der Waals surface area (Å²) in [6.45, 7) is 11.0. The van der Waals surface area contributed by atoms with Crippen LogP contribution in [0.2, 0.25) is 0 Å². The van der Waals surface area contributed by atoms with Crippen LogP contribution in [-0.2, 0) is 0 Å². The lowest BCUT2D eigenvalue weighted by Gasteiger charge is -2.30. The van der Waals surface area contributed by atoms with Gasteiger partial charge in [0.2, 0.25) is 0 Å². The van der Waals surface area contributed by atoms with Gasteiger partial charge in [0.15, 0.2) is 0 Å². The lowest BCUT2D eigenvalue weighted by atomic mass is 10.0. The van der Waals surface area contributed by atoms with E-state index in [2.05, 4.69) is 74.2 Å². The van der Waals surface area contributed by atoms with E-state index in [0.717, 1.165) is 32.6 Å². The first-order valence-corrected chi connectivity index (χ1v) is 8.35. The maximum atomic E-state index is 3.61. The van der Waals surface area contributed by atoms with E-state index in [-0.39, 0.29) is 0 Å². The molecule has 0 spiro atoms. The van der Waals surface area contributed by atoms with Crippen LogP contribution in [-0.4, -0.2) is 45.2 Å². The number of hydrogen-bond donors (Lipinski definition) is 1. The predicted molar refractivity (Wildman–Crippen MR) is 94.2 cm³/mol. The summed E-state index contributed by atoms with van der Waals surface area (Å²) in [7, 11) is 4.28. The first kappa shape index (κ1) is 18.0. The minimum Gasteiger partial charge on any atom is -0.370 e. The maximum Gasteiger partial charge on any atom is 0.0415 e. The van der Waals surface area contributed by atoms with E-state index in [1.807, 2.05) is 0 Å². The highest BCUT2D eigenvalue weighted by Crippen LogP contribution is 2.28. The number of anilines is 1. The second kappa shape index (κ2) is 9.80. The third kappa shape index (κ3) is 5.68. The van der Waals surface area contributed by atoms with Gasteiger partial charge in [0.1, 0.15) is 0 Å². The summed E-state index contributed by atoms with van der Waals surface area (Å²) in [5.74, 6) is 0. The van der Waals surface area contributed by atoms with Crippen molar-refractivity contribution in [3.8, 4) is 0 Å². The Morgan fingerprint density at radius 3 is 2.29 bits per heavy atom. The Hall–Kier alpha value is -1.06. The molecular formula is C18H33N3. The summed E-state index contributed by atoms with van der Waals surface area (Å²) in [4.78, 5) is 4.79. The van der Waals surface area contributed by atoms with Crippen LogP contribution in [0.25, 0.3) is 0 Å². The van der Waals surface area contributed by atoms with E-state index in [1.54, 1.807) is 0 Å². The lowest BCUT2D eigenvalue weighted by Crippen LogP contribution is -2.34. The number of hydrogen-bond acceptors (Lipinski definition) is 3. The van der Waals surface area contributed by atoms with Crippen molar-refractivity contribution < 1.29 is 0 Å². The van der Waals surface area contributed by atoms with E-state index < -0.39 is 0 Å². The maximum absolute atomic E-state index is 3.61. The fourth-order valence-electron chi connectivity index (χ4n) is 2.73. The molecule has 0 bridgehead atoms. The van der Waals surface area contributed by atoms with Crippen LogP contribution >= 0.6 is 0 Å². The number of nitrogens with zero attached hydrogens (tertiary/aromatic N) is 2. The van der Waals surface area contributed by atoms with Gasteiger partial charge in [-0.15, -0.1) is 0 Å². The summed E-state index contributed by atoms with van der Waals surface area (Å²) < 4.78 is 0. The molecule has 0 amide bonds. The van der Waals surface area contributed by atoms with Crippen LogP contribution in [0.4, 0.5) is 5.69 Å². The molecule has 0 aliphatic carbocycles. The highest BCUT2D eigenvalue weighted by atomic mass is 15.2. The minimum atomic E-state index is 0.449. The second-order valence-electron chi connectivity index (χ2n) is 5.87. The van der Waals surface area contributed by atoms with Crippen molar-refractivity contribution in [1.82, 2.24) is 10.2 Å². The highest BCUT2D eigenvalue weighted by molar-refractivity contribution is 5.55. The third-order valence-electron chi connectivity index (χ3n) is 3.82. The van der Waals surface area contributed by atoms with Gasteiger partial charge in [-0.25, -0.2) is 0 Å². The molecule has 0 heterocycles. The standard InChI is InChI=1S/C18H33N3/c1-6-13-21(15-14-20(4)5)18-12-10-9-11-16(18)17(7-2)19-8-3/h9-12,17,19H,6-8,13-15H2,1-5H3. The third-order valence-corrected chi connectivity index (χ3v) is 3.82. The van der Waals surface area contributed by atoms with Crippen molar-refractivity contribution in [1.29, 1.82) is 0 Å². The molecule has 0 aromatic heterocycles. The Bertz CT molecular complexity index is 390. The molecule has 1 aromatic carbocycles. The van der Waals surface area contributed by atoms with Crippen molar-refractivity contribution in [2.75, 3.05) is 45.2 Å². The first-order chi connectivity index (χ1) is 10.1. The topological polar surface area (TPSA) is 18.5 Å². The molecule has 0 saturated carbocycles. The smallest absolute Gasteiger partial charge is 0.0415 e. The highest BCUT2D eigenvalue weighted by Gasteiger charge is 2.16. The number of nitrogens with one attached hydrogen (secondary N) is 1. The quantitative estimate of drug-likeness (QED) is 0.711. The Morgan fingerprint density at radius 1 is 1.00 bits per heavy atom. The van der Waals surface area contributed by atoms with Gasteiger partial charge in [-0.1, -0.05) is 39.0 Å². The van der Waals surface area contributed by atoms with Crippen LogP contribution < -0.4 is 10.2 Å². The first-order valence-electron chi connectivity index (χ1n) is 8.35. The molecule has 120 valence electrons. The van der Waals surface area contributed by atoms with E-state index in [9.17, 15) is 0 Å². The van der Waals surface area contributed by atoms with Gasteiger partial charge >= 0.3 is 0 Å². The number of benzene rings is 1. The van der Waals surface area contributed by atoms with E-state index >= 15 is 0 Å². The summed E-state index contributed by atoms with van der Waals surface area (Å²) >= 11 is 0. The van der Waals surface area contributed by atoms with E-state index in [1.165, 1.54) is 17.7 Å². The molecule has 0 aliphatic rings. The zero-order valence-electron chi connectivity index (χ0n) is 14.5. The van der Waals surface area contributed by atoms with Crippen LogP contribution in [0.5, 0.6) is 0 Å². The van der Waals surface area contributed by atoms with Crippen LogP contribution in [0.1, 0.15) is 45.2 Å². The zero-order valence-corrected chi connectivity index (χ0v) is 14.5. The molecule has 0 aliphatic heterocycles. The van der Waals surface area contributed by atoms with Gasteiger partial charge in [0.05, 0.1) is 0 Å². The molecule has 3 heteroatoms. The average molecular weight is 291 g/mol. The Morgan fingerprint density at radius 2 is 1.71 bits per heavy atom. The van der Waals surface area contributed by atoms with Crippen molar-refractivity contribution in [3.63, 3.8) is 0 Å². The van der Waals surface area contributed by atoms with Crippen molar-refractivity contribution in [2.24, 2.45) is 0 Å². The SMILES string of the molecule is CCCN(CCN(C)C)c1ccccc1C(CC)NCC. The predicted octanol–water partition coefficient (Wildman–Crippen LogP) is 3.53. The molecule has 0 saturated heterocycles. The molecule has 1 N–H and O–H groups in total. The van der Waals surface area contributed by atoms with E-state index in [0.29, 0.717) is 6.04 Å². The van der Waals surface area contributed by atoms with Gasteiger partial charge in [0, 0.05) is 31.4 Å². The van der Waals surface area contributed by atoms with Crippen LogP contribution in [0.15, 0.2) is 24.3 Å². The van der Waals surface area contributed by atoms with E-state index in [4.69, 9.17) is 0 Å². The number of likely N-dealkylation sites (N-methyl/N-ethyl adjacent to an activating group) is 1. The summed E-state index contributed by atoms with van der Waals surface area (Å²) in [6.07, 6.45) is 2.30. The van der Waals surface area contributed by atoms with Crippen LogP contribution in [0, 0.1) is 0 Å². The molecule has 3 nitrogen and oxygen atoms in total. The molecule has 1 rings (SSSR count). The van der Waals surface area contributed by atoms with Gasteiger partial charge in [-0.05, 0) is 45.1 Å². The fraction of sp³-hybridized carbons (Fsp3) is 0.667. The van der Waals surface area contributed by atoms with Crippen LogP contribution in [0.3, 0.4) is 0 Å². The summed E-state index contributed by atoms with van der Waals surface area (Å²) in [6, 6.07) is 9.33. The number of rotatable bonds is 10. The molecule has 1 aromatic rings. The zero-order chi connectivity index (χ0) is 15.7. The molecule has 0 fully saturated rings. The monoisotopic (exact) mass is 291 g/mol. The van der Waals surface area contributed by atoms with Crippen molar-refractivity contribution in [2.45, 2.75) is 39.7 Å². The van der Waals surface area contributed by atoms with Crippen molar-refractivity contribution >= 4 is 5.69 Å². The van der Waals surface area contributed by atoms with Gasteiger partial charge < -0.3 is 15.1 Å². The summed E-state index contributed by atoms with van der Waals surface area (Å²) in [5, 5.41) is 3.61. The van der Waals surface area contributed by atoms with Crippen molar-refractivity contribution in [3.05, 3.63) is 29.8 Å². The number of para-hydroxylation sites is 1. The molecule has 1 unspecified atom stereocenters. The normalized spacial score (nSPS) is 12.7. The molecular weight excluding hydrogens is 258 g/mol. The minimum absolute atomic E-state index is 0.449. The Labute approximate surface area is 131 Å². The largest absolute Gasteiger partial charge is 0.370 e. The van der Waals surface area contributed by atoms with Gasteiger partial charge in [-0.2, -0.15) is 0 Å². The van der Waals surface area contributed by atoms with Gasteiger partial charge in [0.25, 0.3) is 0 Å². The Balaban J connectivity index is 3.00. The average Bonchev–Trinajstić information content (AvgIpc) is 2.49. The van der Waals surface area contributed by atoms with Gasteiger partial charge in [-0.3, -0.25) is 0 Å². The Kier molecular flexibility index (Phi) is 8.40. The lowest BCUT2D eigenvalue weighted by molar-refractivity contribution is 0.412. The molecule has 21 heavy (non-hydrogen) atoms. The summed E-state index contributed by atoms with van der Waals surface area (Å²) in [5.41, 5.74) is 2.84. The fourth-order valence-corrected chi connectivity index (χ4v) is 2.73. The molecule has 0 radical (unpaired) electrons. The molecule has 1 atom stereocenters. The second-order valence-corrected chi connectivity index (χ2v) is 5.87.